The van der Waals surface area contributed by atoms with Gasteiger partial charge in [0.15, 0.2) is 5.82 Å². The molecule has 2 heterocycles. The molecule has 1 atom stereocenters. The lowest BCUT2D eigenvalue weighted by molar-refractivity contribution is -0.178. The summed E-state index contributed by atoms with van der Waals surface area (Å²) in [6.07, 6.45) is -2.07. The van der Waals surface area contributed by atoms with Crippen LogP contribution >= 0.6 is 0 Å². The summed E-state index contributed by atoms with van der Waals surface area (Å²) in [5.41, 5.74) is 5.94. The smallest absolute Gasteiger partial charge is 0.362 e. The van der Waals surface area contributed by atoms with Gasteiger partial charge in [-0.25, -0.2) is 0 Å². The minimum Gasteiger partial charge on any atom is -0.362 e. The number of hydrogen-bond donors (Lipinski definition) is 1. The molecule has 1 saturated heterocycles. The molecule has 0 aromatic carbocycles. The van der Waals surface area contributed by atoms with Crippen LogP contribution in [-0.2, 0) is 11.3 Å². The van der Waals surface area contributed by atoms with Crippen LogP contribution in [0.1, 0.15) is 30.6 Å². The molecule has 9 heteroatoms. The number of ether oxygens (including phenoxy) is 1. The molecule has 0 saturated carbocycles. The Morgan fingerprint density at radius 3 is 2.70 bits per heavy atom. The summed E-state index contributed by atoms with van der Waals surface area (Å²) >= 11 is 0. The van der Waals surface area contributed by atoms with E-state index in [1.54, 1.807) is 0 Å². The molecule has 0 amide bonds. The predicted molar refractivity (Wildman–Crippen MR) is 62.6 cm³/mol. The molecule has 1 aromatic rings. The standard InChI is InChI=1S/C11H17F3N4O2/c12-11(13,14)7-19-6-9-16-10(17-20-9)8(15)5-18-3-1-2-4-18/h8H,1-7,15H2. The van der Waals surface area contributed by atoms with Crippen molar-refractivity contribution in [3.8, 4) is 0 Å². The molecule has 1 unspecified atom stereocenters. The summed E-state index contributed by atoms with van der Waals surface area (Å²) in [6, 6.07) is -0.409. The van der Waals surface area contributed by atoms with Crippen molar-refractivity contribution in [2.24, 2.45) is 5.73 Å². The molecule has 6 nitrogen and oxygen atoms in total. The number of nitrogens with two attached hydrogens (primary N) is 1. The van der Waals surface area contributed by atoms with Gasteiger partial charge in [0.1, 0.15) is 13.2 Å². The van der Waals surface area contributed by atoms with Crippen molar-refractivity contribution < 1.29 is 22.4 Å². The fraction of sp³-hybridized carbons (Fsp3) is 0.818. The van der Waals surface area contributed by atoms with Crippen LogP contribution in [0.3, 0.4) is 0 Å². The molecule has 1 aliphatic heterocycles. The van der Waals surface area contributed by atoms with Gasteiger partial charge in [-0.1, -0.05) is 5.16 Å². The van der Waals surface area contributed by atoms with Gasteiger partial charge in [0.25, 0.3) is 5.89 Å². The summed E-state index contributed by atoms with van der Waals surface area (Å²) < 4.78 is 45.0. The highest BCUT2D eigenvalue weighted by molar-refractivity contribution is 4.94. The predicted octanol–water partition coefficient (Wildman–Crippen LogP) is 1.24. The fourth-order valence-electron chi connectivity index (χ4n) is 2.06. The second-order valence-corrected chi connectivity index (χ2v) is 4.77. The van der Waals surface area contributed by atoms with Gasteiger partial charge in [-0.2, -0.15) is 18.2 Å². The number of halogens is 3. The summed E-state index contributed by atoms with van der Waals surface area (Å²) in [7, 11) is 0. The molecule has 0 bridgehead atoms. The SMILES string of the molecule is NC(CN1CCCC1)c1noc(COCC(F)(F)F)n1. The van der Waals surface area contributed by atoms with Crippen LogP contribution < -0.4 is 5.73 Å². The Labute approximate surface area is 114 Å². The maximum atomic E-state index is 11.9. The fourth-order valence-corrected chi connectivity index (χ4v) is 2.06. The van der Waals surface area contributed by atoms with E-state index in [-0.39, 0.29) is 12.5 Å². The van der Waals surface area contributed by atoms with E-state index in [1.165, 1.54) is 0 Å². The highest BCUT2D eigenvalue weighted by Crippen LogP contribution is 2.16. The van der Waals surface area contributed by atoms with Crippen molar-refractivity contribution >= 4 is 0 Å². The maximum Gasteiger partial charge on any atom is 0.411 e. The first kappa shape index (κ1) is 15.2. The summed E-state index contributed by atoms with van der Waals surface area (Å²) in [6.45, 7) is 0.885. The Bertz CT molecular complexity index is 418. The normalized spacial score (nSPS) is 18.6. The molecule has 0 aliphatic carbocycles. The van der Waals surface area contributed by atoms with E-state index in [0.717, 1.165) is 25.9 Å². The van der Waals surface area contributed by atoms with Gasteiger partial charge in [0.2, 0.25) is 0 Å². The molecular weight excluding hydrogens is 277 g/mol. The first-order chi connectivity index (χ1) is 9.44. The third-order valence-electron chi connectivity index (χ3n) is 2.96. The molecule has 0 spiro atoms. The zero-order valence-electron chi connectivity index (χ0n) is 10.9. The molecule has 114 valence electrons. The average molecular weight is 294 g/mol. The van der Waals surface area contributed by atoms with E-state index >= 15 is 0 Å². The zero-order valence-corrected chi connectivity index (χ0v) is 10.9. The van der Waals surface area contributed by atoms with Crippen molar-refractivity contribution in [2.75, 3.05) is 26.2 Å². The first-order valence-electron chi connectivity index (χ1n) is 6.39. The molecule has 20 heavy (non-hydrogen) atoms. The average Bonchev–Trinajstić information content (AvgIpc) is 2.98. The molecule has 1 aromatic heterocycles. The van der Waals surface area contributed by atoms with Crippen LogP contribution in [0.5, 0.6) is 0 Å². The van der Waals surface area contributed by atoms with E-state index in [2.05, 4.69) is 19.8 Å². The van der Waals surface area contributed by atoms with Crippen molar-refractivity contribution in [1.29, 1.82) is 0 Å². The van der Waals surface area contributed by atoms with Crippen LogP contribution in [0, 0.1) is 0 Å². The number of nitrogens with zero attached hydrogens (tertiary/aromatic N) is 3. The molecule has 2 rings (SSSR count). The lowest BCUT2D eigenvalue weighted by Gasteiger charge is -2.17. The Morgan fingerprint density at radius 2 is 2.05 bits per heavy atom. The third-order valence-corrected chi connectivity index (χ3v) is 2.96. The van der Waals surface area contributed by atoms with E-state index in [0.29, 0.717) is 12.4 Å². The van der Waals surface area contributed by atoms with Crippen LogP contribution in [0.15, 0.2) is 4.52 Å². The van der Waals surface area contributed by atoms with Crippen LogP contribution in [0.25, 0.3) is 0 Å². The topological polar surface area (TPSA) is 77.4 Å². The quantitative estimate of drug-likeness (QED) is 0.850. The van der Waals surface area contributed by atoms with Gasteiger partial charge in [-0.15, -0.1) is 0 Å². The molecule has 2 N–H and O–H groups in total. The summed E-state index contributed by atoms with van der Waals surface area (Å²) in [4.78, 5) is 6.15. The Balaban J connectivity index is 1.78. The van der Waals surface area contributed by atoms with E-state index in [1.807, 2.05) is 0 Å². The van der Waals surface area contributed by atoms with Crippen molar-refractivity contribution in [3.63, 3.8) is 0 Å². The van der Waals surface area contributed by atoms with Gasteiger partial charge in [0.05, 0.1) is 6.04 Å². The Morgan fingerprint density at radius 1 is 1.35 bits per heavy atom. The van der Waals surface area contributed by atoms with Gasteiger partial charge in [0, 0.05) is 6.54 Å². The Hall–Kier alpha value is -1.19. The minimum absolute atomic E-state index is 0.00104. The number of likely N-dealkylation sites (tertiary alicyclic amines) is 1. The third kappa shape index (κ3) is 4.73. The highest BCUT2D eigenvalue weighted by Gasteiger charge is 2.28. The lowest BCUT2D eigenvalue weighted by Crippen LogP contribution is -2.30. The van der Waals surface area contributed by atoms with Gasteiger partial charge >= 0.3 is 6.18 Å². The maximum absolute atomic E-state index is 11.9. The monoisotopic (exact) mass is 294 g/mol. The van der Waals surface area contributed by atoms with Gasteiger partial charge in [-0.3, -0.25) is 0 Å². The van der Waals surface area contributed by atoms with E-state index in [4.69, 9.17) is 10.3 Å². The van der Waals surface area contributed by atoms with E-state index in [9.17, 15) is 13.2 Å². The zero-order chi connectivity index (χ0) is 14.6. The van der Waals surface area contributed by atoms with Gasteiger partial charge < -0.3 is 19.9 Å². The van der Waals surface area contributed by atoms with Crippen molar-refractivity contribution in [2.45, 2.75) is 31.7 Å². The number of hydrogen-bond acceptors (Lipinski definition) is 6. The molecule has 1 fully saturated rings. The summed E-state index contributed by atoms with van der Waals surface area (Å²) in [5.74, 6) is 0.295. The van der Waals surface area contributed by atoms with Crippen LogP contribution in [0.2, 0.25) is 0 Å². The first-order valence-corrected chi connectivity index (χ1v) is 6.39. The molecule has 1 aliphatic rings. The number of aromatic nitrogens is 2. The molecular formula is C11H17F3N4O2. The molecule has 0 radical (unpaired) electrons. The number of alkyl halides is 3. The van der Waals surface area contributed by atoms with Crippen LogP contribution in [0.4, 0.5) is 13.2 Å². The Kier molecular flexibility index (Phi) is 4.95. The second-order valence-electron chi connectivity index (χ2n) is 4.77. The summed E-state index contributed by atoms with van der Waals surface area (Å²) in [5, 5.41) is 3.67. The number of rotatable bonds is 6. The highest BCUT2D eigenvalue weighted by atomic mass is 19.4. The van der Waals surface area contributed by atoms with Crippen molar-refractivity contribution in [1.82, 2.24) is 15.0 Å². The lowest BCUT2D eigenvalue weighted by atomic mass is 10.3. The van der Waals surface area contributed by atoms with E-state index < -0.39 is 18.8 Å². The van der Waals surface area contributed by atoms with Crippen LogP contribution in [-0.4, -0.2) is 47.5 Å². The minimum atomic E-state index is -4.37. The largest absolute Gasteiger partial charge is 0.411 e. The van der Waals surface area contributed by atoms with Crippen molar-refractivity contribution in [3.05, 3.63) is 11.7 Å². The second kappa shape index (κ2) is 6.51. The van der Waals surface area contributed by atoms with Gasteiger partial charge in [-0.05, 0) is 25.9 Å².